The molecule has 98 valence electrons. The van der Waals surface area contributed by atoms with Crippen LogP contribution in [0.5, 0.6) is 0 Å². The Balaban J connectivity index is 3.03. The minimum Gasteiger partial charge on any atom is -0.396 e. The molecule has 0 amide bonds. The highest BCUT2D eigenvalue weighted by molar-refractivity contribution is 4.53. The van der Waals surface area contributed by atoms with E-state index in [9.17, 15) is 0 Å². The summed E-state index contributed by atoms with van der Waals surface area (Å²) in [6.45, 7) is 8.51. The lowest BCUT2D eigenvalue weighted by molar-refractivity contribution is 0.282. The number of hydrogen-bond donors (Lipinski definition) is 1. The van der Waals surface area contributed by atoms with Gasteiger partial charge in [0.15, 0.2) is 0 Å². The monoisotopic (exact) mass is 229 g/mol. The molecule has 0 aliphatic carbocycles. The molecule has 0 heterocycles. The molecule has 0 rings (SSSR count). The van der Waals surface area contributed by atoms with Crippen LogP contribution in [0, 0.1) is 0 Å². The molecule has 0 aromatic rings. The number of unbranched alkanes of at least 4 members (excludes halogenated alkanes) is 7. The summed E-state index contributed by atoms with van der Waals surface area (Å²) in [7, 11) is 0. The minimum absolute atomic E-state index is 0.365. The fraction of sp³-hybridized carbons (Fsp3) is 1.00. The van der Waals surface area contributed by atoms with Crippen LogP contribution in [-0.2, 0) is 0 Å². The molecule has 0 aliphatic rings. The molecule has 0 radical (unpaired) electrons. The normalized spacial score (nSPS) is 11.2. The Bertz CT molecular complexity index is 124. The van der Waals surface area contributed by atoms with Gasteiger partial charge in [-0.3, -0.25) is 0 Å². The predicted octanol–water partition coefficient (Wildman–Crippen LogP) is 3.44. The molecule has 2 heteroatoms. The lowest BCUT2D eigenvalue weighted by atomic mass is 10.1. The summed E-state index contributed by atoms with van der Waals surface area (Å²) in [5.74, 6) is 0. The smallest absolute Gasteiger partial charge is 0.0431 e. The largest absolute Gasteiger partial charge is 0.396 e. The Morgan fingerprint density at radius 2 is 1.12 bits per heavy atom. The van der Waals surface area contributed by atoms with Crippen LogP contribution < -0.4 is 0 Å². The van der Waals surface area contributed by atoms with Gasteiger partial charge in [0.05, 0.1) is 0 Å². The van der Waals surface area contributed by atoms with Crippen LogP contribution in [0.15, 0.2) is 0 Å². The molecule has 0 aromatic carbocycles. The van der Waals surface area contributed by atoms with Crippen LogP contribution >= 0.6 is 0 Å². The van der Waals surface area contributed by atoms with Crippen LogP contribution in [-0.4, -0.2) is 36.2 Å². The number of rotatable bonds is 12. The summed E-state index contributed by atoms with van der Waals surface area (Å²) in [6, 6.07) is 0. The van der Waals surface area contributed by atoms with Crippen molar-refractivity contribution in [2.24, 2.45) is 0 Å². The van der Waals surface area contributed by atoms with Gasteiger partial charge in [0.2, 0.25) is 0 Å². The third kappa shape index (κ3) is 10.4. The summed E-state index contributed by atoms with van der Waals surface area (Å²) in [5, 5.41) is 8.63. The highest BCUT2D eigenvalue weighted by Gasteiger charge is 1.97. The molecule has 0 spiro atoms. The predicted molar refractivity (Wildman–Crippen MR) is 71.8 cm³/mol. The summed E-state index contributed by atoms with van der Waals surface area (Å²) in [5.41, 5.74) is 0. The second-order valence-corrected chi connectivity index (χ2v) is 4.58. The van der Waals surface area contributed by atoms with E-state index in [-0.39, 0.29) is 0 Å². The number of nitrogens with zero attached hydrogens (tertiary/aromatic N) is 1. The van der Waals surface area contributed by atoms with E-state index < -0.39 is 0 Å². The summed E-state index contributed by atoms with van der Waals surface area (Å²) >= 11 is 0. The Labute approximate surface area is 102 Å². The fourth-order valence-corrected chi connectivity index (χ4v) is 2.05. The van der Waals surface area contributed by atoms with E-state index in [1.807, 2.05) is 0 Å². The molecule has 0 aliphatic heterocycles. The molecule has 0 atom stereocenters. The van der Waals surface area contributed by atoms with E-state index >= 15 is 0 Å². The lowest BCUT2D eigenvalue weighted by Crippen LogP contribution is -2.23. The van der Waals surface area contributed by atoms with Crippen molar-refractivity contribution < 1.29 is 5.11 Å². The zero-order valence-electron chi connectivity index (χ0n) is 11.4. The molecule has 16 heavy (non-hydrogen) atoms. The molecule has 1 N–H and O–H groups in total. The lowest BCUT2D eigenvalue weighted by Gasteiger charge is -2.17. The quantitative estimate of drug-likeness (QED) is 0.518. The minimum atomic E-state index is 0.365. The van der Waals surface area contributed by atoms with Gasteiger partial charge in [-0.05, 0) is 32.5 Å². The first kappa shape index (κ1) is 15.9. The van der Waals surface area contributed by atoms with Crippen LogP contribution in [0.25, 0.3) is 0 Å². The van der Waals surface area contributed by atoms with Gasteiger partial charge in [0.1, 0.15) is 0 Å². The van der Waals surface area contributed by atoms with E-state index in [1.54, 1.807) is 0 Å². The number of hydrogen-bond acceptors (Lipinski definition) is 2. The van der Waals surface area contributed by atoms with Gasteiger partial charge < -0.3 is 10.0 Å². The highest BCUT2D eigenvalue weighted by Crippen LogP contribution is 2.08. The average molecular weight is 229 g/mol. The molecule has 0 saturated heterocycles. The highest BCUT2D eigenvalue weighted by atomic mass is 16.2. The van der Waals surface area contributed by atoms with E-state index in [0.29, 0.717) is 6.61 Å². The first-order valence-electron chi connectivity index (χ1n) is 7.18. The SMILES string of the molecule is CCN(CC)CCCCCCCCCCO. The van der Waals surface area contributed by atoms with Crippen molar-refractivity contribution in [2.45, 2.75) is 65.2 Å². The Kier molecular flexibility index (Phi) is 12.9. The van der Waals surface area contributed by atoms with Crippen LogP contribution in [0.4, 0.5) is 0 Å². The van der Waals surface area contributed by atoms with Crippen molar-refractivity contribution in [3.05, 3.63) is 0 Å². The average Bonchev–Trinajstić information content (AvgIpc) is 2.32. The van der Waals surface area contributed by atoms with Gasteiger partial charge in [0, 0.05) is 6.61 Å². The molecular formula is C14H31NO. The van der Waals surface area contributed by atoms with Gasteiger partial charge in [-0.1, -0.05) is 52.4 Å². The Hall–Kier alpha value is -0.0800. The van der Waals surface area contributed by atoms with Crippen LogP contribution in [0.1, 0.15) is 65.2 Å². The molecule has 0 saturated carbocycles. The second-order valence-electron chi connectivity index (χ2n) is 4.58. The van der Waals surface area contributed by atoms with Gasteiger partial charge in [-0.2, -0.15) is 0 Å². The van der Waals surface area contributed by atoms with Gasteiger partial charge in [-0.15, -0.1) is 0 Å². The zero-order valence-corrected chi connectivity index (χ0v) is 11.4. The van der Waals surface area contributed by atoms with Gasteiger partial charge >= 0.3 is 0 Å². The maximum Gasteiger partial charge on any atom is 0.0431 e. The van der Waals surface area contributed by atoms with Crippen molar-refractivity contribution in [3.8, 4) is 0 Å². The van der Waals surface area contributed by atoms with Gasteiger partial charge in [-0.25, -0.2) is 0 Å². The van der Waals surface area contributed by atoms with E-state index in [0.717, 1.165) is 6.42 Å². The van der Waals surface area contributed by atoms with Gasteiger partial charge in [0.25, 0.3) is 0 Å². The maximum atomic E-state index is 8.63. The van der Waals surface area contributed by atoms with Crippen molar-refractivity contribution in [1.82, 2.24) is 4.90 Å². The first-order chi connectivity index (χ1) is 7.85. The van der Waals surface area contributed by atoms with Crippen molar-refractivity contribution in [2.75, 3.05) is 26.2 Å². The zero-order chi connectivity index (χ0) is 12.1. The van der Waals surface area contributed by atoms with E-state index in [4.69, 9.17) is 5.11 Å². The second kappa shape index (κ2) is 13.0. The topological polar surface area (TPSA) is 23.5 Å². The first-order valence-corrected chi connectivity index (χ1v) is 7.18. The molecule has 0 unspecified atom stereocenters. The molecule has 0 fully saturated rings. The molecule has 2 nitrogen and oxygen atoms in total. The third-order valence-corrected chi connectivity index (χ3v) is 3.28. The fourth-order valence-electron chi connectivity index (χ4n) is 2.05. The Morgan fingerprint density at radius 3 is 1.56 bits per heavy atom. The van der Waals surface area contributed by atoms with Crippen molar-refractivity contribution in [3.63, 3.8) is 0 Å². The molecular weight excluding hydrogens is 198 g/mol. The van der Waals surface area contributed by atoms with Crippen molar-refractivity contribution in [1.29, 1.82) is 0 Å². The number of aliphatic hydroxyl groups is 1. The summed E-state index contributed by atoms with van der Waals surface area (Å²) < 4.78 is 0. The van der Waals surface area contributed by atoms with Crippen LogP contribution in [0.2, 0.25) is 0 Å². The third-order valence-electron chi connectivity index (χ3n) is 3.28. The standard InChI is InChI=1S/C14H31NO/c1-3-15(4-2)13-11-9-7-5-6-8-10-12-14-16/h16H,3-14H2,1-2H3. The summed E-state index contributed by atoms with van der Waals surface area (Å²) in [6.07, 6.45) is 10.4. The molecule has 0 aromatic heterocycles. The van der Waals surface area contributed by atoms with Crippen molar-refractivity contribution >= 4 is 0 Å². The summed E-state index contributed by atoms with van der Waals surface area (Å²) in [4.78, 5) is 2.50. The van der Waals surface area contributed by atoms with Crippen LogP contribution in [0.3, 0.4) is 0 Å². The molecule has 0 bridgehead atoms. The van der Waals surface area contributed by atoms with E-state index in [1.165, 1.54) is 64.6 Å². The Morgan fingerprint density at radius 1 is 0.688 bits per heavy atom. The van der Waals surface area contributed by atoms with E-state index in [2.05, 4.69) is 18.7 Å². The number of aliphatic hydroxyl groups excluding tert-OH is 1. The maximum absolute atomic E-state index is 8.63.